The second kappa shape index (κ2) is 10.2. The number of pyridine rings is 1. The lowest BCUT2D eigenvalue weighted by Gasteiger charge is -2.19. The van der Waals surface area contributed by atoms with Crippen molar-refractivity contribution in [3.05, 3.63) is 70.2 Å². The van der Waals surface area contributed by atoms with Crippen molar-refractivity contribution in [2.45, 2.75) is 31.8 Å². The van der Waals surface area contributed by atoms with Gasteiger partial charge in [-0.25, -0.2) is 9.97 Å². The maximum Gasteiger partial charge on any atom is 0.270 e. The lowest BCUT2D eigenvalue weighted by molar-refractivity contribution is 0.0908. The zero-order chi connectivity index (χ0) is 26.2. The van der Waals surface area contributed by atoms with Crippen molar-refractivity contribution in [1.29, 1.82) is 0 Å². The largest absolute Gasteiger partial charge is 0.396 e. The van der Waals surface area contributed by atoms with Gasteiger partial charge in [0.2, 0.25) is 0 Å². The fraction of sp³-hybridized carbons (Fsp3) is 0.259. The highest BCUT2D eigenvalue weighted by atomic mass is 32.1. The molecule has 0 spiro atoms. The minimum atomic E-state index is -0.288. The third-order valence-corrected chi connectivity index (χ3v) is 8.57. The molecule has 0 bridgehead atoms. The number of nitrogens with two attached hydrogens (primary N) is 1. The van der Waals surface area contributed by atoms with Gasteiger partial charge >= 0.3 is 0 Å². The Hall–Kier alpha value is -3.80. The molecule has 4 heterocycles. The molecule has 1 fully saturated rings. The van der Waals surface area contributed by atoms with E-state index in [1.165, 1.54) is 22.7 Å². The second-order valence-corrected chi connectivity index (χ2v) is 11.3. The van der Waals surface area contributed by atoms with Crippen LogP contribution in [0.15, 0.2) is 53.4 Å². The highest BCUT2D eigenvalue weighted by molar-refractivity contribution is 7.22. The summed E-state index contributed by atoms with van der Waals surface area (Å²) in [5, 5.41) is 20.2. The van der Waals surface area contributed by atoms with Crippen LogP contribution in [0.3, 0.4) is 0 Å². The minimum Gasteiger partial charge on any atom is -0.396 e. The number of anilines is 1. The van der Waals surface area contributed by atoms with Gasteiger partial charge in [-0.3, -0.25) is 14.0 Å². The third kappa shape index (κ3) is 4.53. The number of hydrogen-bond donors (Lipinski definition) is 4. The molecule has 0 radical (unpaired) electrons. The summed E-state index contributed by atoms with van der Waals surface area (Å²) < 4.78 is 2.65. The van der Waals surface area contributed by atoms with Crippen molar-refractivity contribution in [3.63, 3.8) is 0 Å². The summed E-state index contributed by atoms with van der Waals surface area (Å²) in [5.74, 6) is -0.507. The van der Waals surface area contributed by atoms with Crippen molar-refractivity contribution in [3.8, 4) is 11.3 Å². The molecule has 1 saturated carbocycles. The van der Waals surface area contributed by atoms with Crippen LogP contribution >= 0.6 is 22.7 Å². The van der Waals surface area contributed by atoms with Crippen molar-refractivity contribution in [1.82, 2.24) is 25.0 Å². The summed E-state index contributed by atoms with van der Waals surface area (Å²) >= 11 is 2.92. The molecule has 9 nitrogen and oxygen atoms in total. The number of nitrogens with one attached hydrogen (secondary N) is 2. The zero-order valence-electron chi connectivity index (χ0n) is 20.4. The summed E-state index contributed by atoms with van der Waals surface area (Å²) in [4.78, 5) is 36.0. The van der Waals surface area contributed by atoms with Crippen LogP contribution < -0.4 is 16.4 Å². The van der Waals surface area contributed by atoms with Gasteiger partial charge in [0.15, 0.2) is 10.8 Å². The van der Waals surface area contributed by atoms with Crippen molar-refractivity contribution < 1.29 is 14.7 Å². The van der Waals surface area contributed by atoms with Gasteiger partial charge in [-0.15, -0.1) is 0 Å². The van der Waals surface area contributed by atoms with E-state index in [2.05, 4.69) is 15.6 Å². The molecular weight excluding hydrogens is 520 g/mol. The van der Waals surface area contributed by atoms with Gasteiger partial charge in [-0.2, -0.15) is 11.3 Å². The lowest BCUT2D eigenvalue weighted by atomic mass is 10.0. The molecule has 11 heteroatoms. The van der Waals surface area contributed by atoms with Gasteiger partial charge in [0.05, 0.1) is 15.8 Å². The maximum absolute atomic E-state index is 13.6. The minimum absolute atomic E-state index is 0.0448. The average molecular weight is 547 g/mol. The Morgan fingerprint density at radius 1 is 1.16 bits per heavy atom. The van der Waals surface area contributed by atoms with E-state index in [1.807, 2.05) is 35.0 Å². The highest BCUT2D eigenvalue weighted by Crippen LogP contribution is 2.30. The van der Waals surface area contributed by atoms with E-state index in [-0.39, 0.29) is 30.4 Å². The Morgan fingerprint density at radius 3 is 2.87 bits per heavy atom. The molecule has 1 aromatic carbocycles. The Kier molecular flexibility index (Phi) is 6.56. The first-order valence-electron chi connectivity index (χ1n) is 12.4. The predicted octanol–water partition coefficient (Wildman–Crippen LogP) is 4.08. The van der Waals surface area contributed by atoms with E-state index in [9.17, 15) is 14.7 Å². The van der Waals surface area contributed by atoms with Crippen LogP contribution in [0, 0.1) is 5.92 Å². The van der Waals surface area contributed by atoms with Gasteiger partial charge in [0, 0.05) is 42.3 Å². The molecule has 1 aliphatic carbocycles. The third-order valence-electron chi connectivity index (χ3n) is 7.04. The van der Waals surface area contributed by atoms with Crippen LogP contribution in [-0.4, -0.2) is 43.9 Å². The number of hydrogen-bond acceptors (Lipinski definition) is 8. The molecule has 4 aromatic heterocycles. The average Bonchev–Trinajstić information content (AvgIpc) is 3.71. The number of aromatic nitrogens is 3. The Bertz CT molecular complexity index is 1640. The summed E-state index contributed by atoms with van der Waals surface area (Å²) in [5.41, 5.74) is 10.1. The predicted molar refractivity (Wildman–Crippen MR) is 149 cm³/mol. The number of carbonyl (C=O) groups is 2. The Morgan fingerprint density at radius 2 is 2.05 bits per heavy atom. The number of fused-ring (bicyclic) bond motifs is 2. The molecule has 0 aliphatic heterocycles. The summed E-state index contributed by atoms with van der Waals surface area (Å²) in [6, 6.07) is 11.1. The first kappa shape index (κ1) is 24.5. The molecule has 2 unspecified atom stereocenters. The Balaban J connectivity index is 1.32. The molecule has 5 N–H and O–H groups in total. The second-order valence-electron chi connectivity index (χ2n) is 9.43. The fourth-order valence-corrected chi connectivity index (χ4v) is 6.56. The standard InChI is InChI=1S/C27H26N6O3S2/c28-27-31-20-7-6-15(11-21(20)38-27)12-29-25(35)18-4-2-9-33-23(22(32-24(18)33)17-8-10-37-14-17)26(36)30-19-5-1-3-16(19)13-34/h2,4,6-11,14,16,19,34H,1,3,5,12-13H2,(H2,28,31)(H,29,35)(H,30,36). The molecular formula is C27H26N6O3S2. The van der Waals surface area contributed by atoms with Gasteiger partial charge in [-0.05, 0) is 54.1 Å². The van der Waals surface area contributed by atoms with Crippen LogP contribution in [0.4, 0.5) is 5.13 Å². The lowest BCUT2D eigenvalue weighted by Crippen LogP contribution is -2.39. The molecule has 2 amide bonds. The SMILES string of the molecule is Nc1nc2ccc(CNC(=O)c3cccn4c(C(=O)NC5CCCC5CO)c(-c5ccsc5)nc34)cc2s1. The number of nitrogen functional groups attached to an aromatic ring is 1. The molecule has 1 aliphatic rings. The quantitative estimate of drug-likeness (QED) is 0.243. The van der Waals surface area contributed by atoms with Gasteiger partial charge < -0.3 is 21.5 Å². The van der Waals surface area contributed by atoms with Crippen LogP contribution in [0.25, 0.3) is 27.1 Å². The van der Waals surface area contributed by atoms with Gasteiger partial charge in [-0.1, -0.05) is 23.8 Å². The van der Waals surface area contributed by atoms with Crippen LogP contribution in [-0.2, 0) is 6.54 Å². The van der Waals surface area contributed by atoms with Gasteiger partial charge in [0.1, 0.15) is 11.4 Å². The molecule has 0 saturated heterocycles. The van der Waals surface area contributed by atoms with E-state index in [0.29, 0.717) is 34.3 Å². The van der Waals surface area contributed by atoms with Crippen molar-refractivity contribution >= 4 is 55.5 Å². The number of nitrogens with zero attached hydrogens (tertiary/aromatic N) is 3. The van der Waals surface area contributed by atoms with E-state index >= 15 is 0 Å². The zero-order valence-corrected chi connectivity index (χ0v) is 22.0. The molecule has 2 atom stereocenters. The van der Waals surface area contributed by atoms with Crippen LogP contribution in [0.1, 0.15) is 45.7 Å². The van der Waals surface area contributed by atoms with E-state index in [0.717, 1.165) is 40.6 Å². The fourth-order valence-electron chi connectivity index (χ4n) is 5.12. The van der Waals surface area contributed by atoms with E-state index in [1.54, 1.807) is 22.7 Å². The number of thiazole rings is 1. The summed E-state index contributed by atoms with van der Waals surface area (Å²) in [7, 11) is 0. The summed E-state index contributed by atoms with van der Waals surface area (Å²) in [6.07, 6.45) is 4.44. The number of aliphatic hydroxyl groups is 1. The number of amides is 2. The summed E-state index contributed by atoms with van der Waals surface area (Å²) in [6.45, 7) is 0.367. The Labute approximate surface area is 226 Å². The molecule has 6 rings (SSSR count). The highest BCUT2D eigenvalue weighted by Gasteiger charge is 2.31. The monoisotopic (exact) mass is 546 g/mol. The first-order chi connectivity index (χ1) is 18.5. The number of imidazole rings is 1. The normalized spacial score (nSPS) is 17.3. The van der Waals surface area contributed by atoms with E-state index in [4.69, 9.17) is 10.7 Å². The van der Waals surface area contributed by atoms with Crippen molar-refractivity contribution in [2.75, 3.05) is 12.3 Å². The number of benzene rings is 1. The number of rotatable bonds is 7. The van der Waals surface area contributed by atoms with Crippen LogP contribution in [0.2, 0.25) is 0 Å². The topological polar surface area (TPSA) is 135 Å². The molecule has 194 valence electrons. The van der Waals surface area contributed by atoms with Gasteiger partial charge in [0.25, 0.3) is 11.8 Å². The smallest absolute Gasteiger partial charge is 0.270 e. The molecule has 5 aromatic rings. The number of thiophene rings is 1. The number of carbonyl (C=O) groups excluding carboxylic acids is 2. The number of aliphatic hydroxyl groups excluding tert-OH is 1. The molecule has 38 heavy (non-hydrogen) atoms. The maximum atomic E-state index is 13.6. The first-order valence-corrected chi connectivity index (χ1v) is 14.2. The van der Waals surface area contributed by atoms with E-state index < -0.39 is 0 Å². The van der Waals surface area contributed by atoms with Crippen molar-refractivity contribution in [2.24, 2.45) is 5.92 Å². The van der Waals surface area contributed by atoms with Crippen LogP contribution in [0.5, 0.6) is 0 Å².